The number of ether oxygens (including phenoxy) is 6. The molecule has 1 aliphatic rings. The van der Waals surface area contributed by atoms with Gasteiger partial charge in [0.05, 0.1) is 44.1 Å². The van der Waals surface area contributed by atoms with Gasteiger partial charge in [-0.1, -0.05) is 92.2 Å². The molecule has 4 aromatic carbocycles. The summed E-state index contributed by atoms with van der Waals surface area (Å²) in [5, 5.41) is 26.3. The smallest absolute Gasteiger partial charge is 0.306 e. The number of unbranched alkanes of at least 4 members (excludes halogenated alkanes) is 1. The van der Waals surface area contributed by atoms with Crippen LogP contribution in [-0.4, -0.2) is 116 Å². The predicted octanol–water partition coefficient (Wildman–Crippen LogP) is 6.94. The van der Waals surface area contributed by atoms with Crippen molar-refractivity contribution in [2.75, 3.05) is 39.6 Å². The Morgan fingerprint density at radius 3 is 1.82 bits per heavy atom. The standard InChI is InChI=1S/C56H78N4O12/c1-10-11-28-57-50(64)46(31-38-20-22-40-16-12-14-18-42(40)29-38)60-52(66)45(25-27-49(63)72-54(5,6)7)59-51(65)44(24-26-48(62)71-53(2,3)4)58-47(61)33-68-35-56(36-69-55(8,9)70-37-56)34-67-32-39-21-23-41-17-13-15-19-43(41)30-39/h12-23,29-30,44-46,49,63H,10-11,24-28,31-37H2,1-9H3,(H,57,64)(H,58,61)(H,59,65)(H,60,66)/t44-,45-,46+,49?/m1/s1. The second-order valence-electron chi connectivity index (χ2n) is 21.3. The number of amides is 4. The van der Waals surface area contributed by atoms with E-state index in [9.17, 15) is 29.1 Å². The highest BCUT2D eigenvalue weighted by molar-refractivity contribution is 5.95. The van der Waals surface area contributed by atoms with Gasteiger partial charge in [0.25, 0.3) is 0 Å². The molecule has 5 N–H and O–H groups in total. The lowest BCUT2D eigenvalue weighted by atomic mass is 9.91. The lowest BCUT2D eigenvalue weighted by Gasteiger charge is -2.43. The monoisotopic (exact) mass is 999 g/mol. The van der Waals surface area contributed by atoms with Crippen LogP contribution in [0.1, 0.15) is 112 Å². The average molecular weight is 999 g/mol. The number of carbonyl (C=O) groups excluding carboxylic acids is 5. The van der Waals surface area contributed by atoms with Crippen molar-refractivity contribution in [3.8, 4) is 0 Å². The van der Waals surface area contributed by atoms with E-state index in [0.717, 1.165) is 45.5 Å². The predicted molar refractivity (Wildman–Crippen MR) is 275 cm³/mol. The molecule has 1 heterocycles. The summed E-state index contributed by atoms with van der Waals surface area (Å²) in [6, 6.07) is 24.2. The molecule has 394 valence electrons. The first kappa shape index (κ1) is 57.4. The Hall–Kier alpha value is -5.49. The van der Waals surface area contributed by atoms with Crippen molar-refractivity contribution in [2.45, 2.75) is 155 Å². The summed E-state index contributed by atoms with van der Waals surface area (Å²) in [4.78, 5) is 69.3. The molecule has 4 atom stereocenters. The maximum absolute atomic E-state index is 14.4. The van der Waals surface area contributed by atoms with Crippen molar-refractivity contribution in [3.05, 3.63) is 96.1 Å². The van der Waals surface area contributed by atoms with Gasteiger partial charge in [0.15, 0.2) is 12.1 Å². The van der Waals surface area contributed by atoms with E-state index in [0.29, 0.717) is 13.2 Å². The SMILES string of the molecule is CCCCNC(=O)[C@H](Cc1ccc2ccccc2c1)NC(=O)[C@@H](CCC(O)OC(C)(C)C)NC(=O)[C@@H](CCC(=O)OC(C)(C)C)NC(=O)COCC1(COCc2ccc3ccccc3c2)COC(C)(C)OC1. The third-order valence-corrected chi connectivity index (χ3v) is 11.8. The maximum Gasteiger partial charge on any atom is 0.306 e. The number of aliphatic hydroxyl groups excluding tert-OH is 1. The lowest BCUT2D eigenvalue weighted by molar-refractivity contribution is -0.299. The number of hydrogen-bond donors (Lipinski definition) is 5. The summed E-state index contributed by atoms with van der Waals surface area (Å²) in [5.74, 6) is -3.98. The molecule has 0 spiro atoms. The van der Waals surface area contributed by atoms with E-state index < -0.39 is 83.0 Å². The minimum atomic E-state index is -1.34. The van der Waals surface area contributed by atoms with Crippen LogP contribution in [-0.2, 0) is 65.4 Å². The first-order valence-corrected chi connectivity index (χ1v) is 25.2. The molecule has 0 saturated carbocycles. The third-order valence-electron chi connectivity index (χ3n) is 11.8. The topological polar surface area (TPSA) is 209 Å². The number of nitrogens with one attached hydrogen (secondary N) is 4. The van der Waals surface area contributed by atoms with Crippen molar-refractivity contribution < 1.29 is 57.5 Å². The maximum atomic E-state index is 14.4. The zero-order valence-corrected chi connectivity index (χ0v) is 43.7. The van der Waals surface area contributed by atoms with E-state index in [1.165, 1.54) is 0 Å². The van der Waals surface area contributed by atoms with Gasteiger partial charge in [0.1, 0.15) is 30.3 Å². The summed E-state index contributed by atoms with van der Waals surface area (Å²) in [5.41, 5.74) is -0.520. The van der Waals surface area contributed by atoms with Gasteiger partial charge in [-0.25, -0.2) is 0 Å². The van der Waals surface area contributed by atoms with Crippen molar-refractivity contribution in [2.24, 2.45) is 5.41 Å². The second kappa shape index (κ2) is 26.5. The van der Waals surface area contributed by atoms with Gasteiger partial charge in [0.2, 0.25) is 23.6 Å². The lowest BCUT2D eigenvalue weighted by Crippen LogP contribution is -2.57. The highest BCUT2D eigenvalue weighted by Gasteiger charge is 2.41. The van der Waals surface area contributed by atoms with Crippen LogP contribution in [0.5, 0.6) is 0 Å². The van der Waals surface area contributed by atoms with Gasteiger partial charge in [0, 0.05) is 25.8 Å². The summed E-state index contributed by atoms with van der Waals surface area (Å²) >= 11 is 0. The number of esters is 1. The van der Waals surface area contributed by atoms with Crippen LogP contribution in [0.15, 0.2) is 84.9 Å². The molecule has 1 unspecified atom stereocenters. The van der Waals surface area contributed by atoms with Crippen LogP contribution in [0.25, 0.3) is 21.5 Å². The molecule has 16 heteroatoms. The Kier molecular flexibility index (Phi) is 21.1. The number of benzene rings is 4. The van der Waals surface area contributed by atoms with Gasteiger partial charge >= 0.3 is 5.97 Å². The number of fused-ring (bicyclic) bond motifs is 2. The Labute approximate surface area is 424 Å². The van der Waals surface area contributed by atoms with E-state index >= 15 is 0 Å². The normalized spacial score (nSPS) is 16.2. The number of carbonyl (C=O) groups is 5. The average Bonchev–Trinajstić information content (AvgIpc) is 3.31. The van der Waals surface area contributed by atoms with Crippen LogP contribution >= 0.6 is 0 Å². The summed E-state index contributed by atoms with van der Waals surface area (Å²) in [7, 11) is 0. The number of aliphatic hydroxyl groups is 1. The Balaban J connectivity index is 1.31. The van der Waals surface area contributed by atoms with Crippen molar-refractivity contribution >= 4 is 51.1 Å². The molecule has 0 radical (unpaired) electrons. The molecular weight excluding hydrogens is 921 g/mol. The van der Waals surface area contributed by atoms with Crippen LogP contribution in [0, 0.1) is 5.41 Å². The van der Waals surface area contributed by atoms with Crippen LogP contribution in [0.2, 0.25) is 0 Å². The highest BCUT2D eigenvalue weighted by Crippen LogP contribution is 2.31. The highest BCUT2D eigenvalue weighted by atomic mass is 16.7. The van der Waals surface area contributed by atoms with Gasteiger partial charge in [-0.3, -0.25) is 24.0 Å². The van der Waals surface area contributed by atoms with Crippen LogP contribution in [0.4, 0.5) is 0 Å². The molecule has 1 aliphatic heterocycles. The van der Waals surface area contributed by atoms with Crippen LogP contribution in [0.3, 0.4) is 0 Å². The number of hydrogen-bond acceptors (Lipinski definition) is 12. The fourth-order valence-corrected chi connectivity index (χ4v) is 8.09. The molecule has 0 aliphatic carbocycles. The van der Waals surface area contributed by atoms with Gasteiger partial charge in [-0.15, -0.1) is 0 Å². The first-order chi connectivity index (χ1) is 34.0. The van der Waals surface area contributed by atoms with Gasteiger partial charge in [-0.2, -0.15) is 0 Å². The van der Waals surface area contributed by atoms with E-state index in [-0.39, 0.29) is 58.5 Å². The molecule has 0 aromatic heterocycles. The zero-order chi connectivity index (χ0) is 52.5. The summed E-state index contributed by atoms with van der Waals surface area (Å²) in [6.45, 7) is 17.0. The van der Waals surface area contributed by atoms with E-state index in [1.807, 2.05) is 99.6 Å². The molecule has 16 nitrogen and oxygen atoms in total. The van der Waals surface area contributed by atoms with E-state index in [4.69, 9.17) is 28.4 Å². The Bertz CT molecular complexity index is 2420. The molecule has 4 aromatic rings. The summed E-state index contributed by atoms with van der Waals surface area (Å²) in [6.07, 6.45) is -0.209. The largest absolute Gasteiger partial charge is 0.460 e. The molecular formula is C56H78N4O12. The van der Waals surface area contributed by atoms with Gasteiger partial charge in [-0.05, 0) is 113 Å². The molecule has 0 bridgehead atoms. The molecule has 1 saturated heterocycles. The van der Waals surface area contributed by atoms with Crippen molar-refractivity contribution in [1.29, 1.82) is 0 Å². The van der Waals surface area contributed by atoms with E-state index in [1.54, 1.807) is 41.5 Å². The minimum absolute atomic E-state index is 0.0105. The fraction of sp³-hybridized carbons (Fsp3) is 0.554. The number of rotatable bonds is 26. The van der Waals surface area contributed by atoms with E-state index in [2.05, 4.69) is 27.3 Å². The Morgan fingerprint density at radius 2 is 1.22 bits per heavy atom. The molecule has 4 amide bonds. The first-order valence-electron chi connectivity index (χ1n) is 25.2. The Morgan fingerprint density at radius 1 is 0.667 bits per heavy atom. The minimum Gasteiger partial charge on any atom is -0.460 e. The third kappa shape index (κ3) is 19.5. The van der Waals surface area contributed by atoms with Crippen molar-refractivity contribution in [1.82, 2.24) is 21.3 Å². The van der Waals surface area contributed by atoms with Crippen LogP contribution < -0.4 is 21.3 Å². The second-order valence-corrected chi connectivity index (χ2v) is 21.3. The quantitative estimate of drug-likeness (QED) is 0.0246. The summed E-state index contributed by atoms with van der Waals surface area (Å²) < 4.78 is 35.6. The zero-order valence-electron chi connectivity index (χ0n) is 43.7. The fourth-order valence-electron chi connectivity index (χ4n) is 8.09. The molecule has 5 rings (SSSR count). The van der Waals surface area contributed by atoms with Gasteiger partial charge < -0.3 is 54.8 Å². The van der Waals surface area contributed by atoms with Crippen molar-refractivity contribution in [3.63, 3.8) is 0 Å². The molecule has 1 fully saturated rings. The molecule has 72 heavy (non-hydrogen) atoms.